The molecule has 2 fully saturated rings. The first-order valence-electron chi connectivity index (χ1n) is 18.3. The third kappa shape index (κ3) is 9.45. The molecule has 4 aliphatic rings. The van der Waals surface area contributed by atoms with Crippen LogP contribution < -0.4 is 5.32 Å². The number of carboxylic acid groups (broad SMARTS) is 1. The van der Waals surface area contributed by atoms with Crippen molar-refractivity contribution >= 4 is 30.4 Å². The number of carbonyl (C=O) groups is 3. The summed E-state index contributed by atoms with van der Waals surface area (Å²) in [4.78, 5) is 41.5. The number of halogens is 1. The lowest BCUT2D eigenvalue weighted by molar-refractivity contribution is -0.0139. The van der Waals surface area contributed by atoms with Gasteiger partial charge in [-0.05, 0) is 67.5 Å². The molecule has 2 aromatic carbocycles. The summed E-state index contributed by atoms with van der Waals surface area (Å²) in [7, 11) is 0. The maximum atomic E-state index is 11.8. The number of ether oxygens (including phenoxy) is 4. The zero-order valence-corrected chi connectivity index (χ0v) is 32.6. The van der Waals surface area contributed by atoms with Gasteiger partial charge in [-0.3, -0.25) is 9.80 Å². The molecule has 1 amide bonds. The van der Waals surface area contributed by atoms with Crippen LogP contribution in [0.3, 0.4) is 0 Å². The SMILES string of the molecule is CCOC(CN1CCN(C(=O)O)C(C(C)(C)C)C1)c1ccc2c(c1C)COC2=O.CCOC(CN1CCNCC1)c1ccc2c(c1C)COC2=O.Cl. The van der Waals surface area contributed by atoms with Gasteiger partial charge in [0.1, 0.15) is 13.2 Å². The molecular formula is C39H57ClN4O8. The second-order valence-electron chi connectivity index (χ2n) is 14.8. The van der Waals surface area contributed by atoms with E-state index in [1.807, 2.05) is 45.0 Å². The van der Waals surface area contributed by atoms with E-state index in [0.29, 0.717) is 63.7 Å². The standard InChI is InChI=1S/C22H32N2O5.C17H24N2O3.ClH/c1-6-28-18(15-7-8-16-17(14(15)2)13-29-20(16)25)11-23-9-10-24(21(26)27)19(12-23)22(3,4)5;1-3-21-16(10-19-8-6-18-7-9-19)13-4-5-14-15(12(13)2)11-22-17(14)20;/h7-8,18-19H,6,9-13H2,1-5H3,(H,26,27);4-5,16,18H,3,6-11H2,1-2H3;1H. The Bertz CT molecular complexity index is 1570. The predicted octanol–water partition coefficient (Wildman–Crippen LogP) is 5.52. The van der Waals surface area contributed by atoms with Gasteiger partial charge in [-0.25, -0.2) is 14.4 Å². The lowest BCUT2D eigenvalue weighted by Gasteiger charge is -2.46. The monoisotopic (exact) mass is 744 g/mol. The van der Waals surface area contributed by atoms with Crippen LogP contribution in [0.5, 0.6) is 0 Å². The van der Waals surface area contributed by atoms with Crippen molar-refractivity contribution in [3.8, 4) is 0 Å². The minimum Gasteiger partial charge on any atom is -0.465 e. The van der Waals surface area contributed by atoms with Crippen LogP contribution in [0.25, 0.3) is 0 Å². The molecule has 0 saturated carbocycles. The number of nitrogens with one attached hydrogen (secondary N) is 1. The molecule has 2 saturated heterocycles. The summed E-state index contributed by atoms with van der Waals surface area (Å²) in [5.74, 6) is -0.472. The smallest absolute Gasteiger partial charge is 0.407 e. The average Bonchev–Trinajstić information content (AvgIpc) is 3.68. The van der Waals surface area contributed by atoms with E-state index < -0.39 is 6.09 Å². The number of amides is 1. The highest BCUT2D eigenvalue weighted by Crippen LogP contribution is 2.34. The molecule has 4 heterocycles. The van der Waals surface area contributed by atoms with Crippen molar-refractivity contribution in [3.05, 3.63) is 68.8 Å². The van der Waals surface area contributed by atoms with E-state index in [0.717, 1.165) is 60.5 Å². The van der Waals surface area contributed by atoms with Gasteiger partial charge >= 0.3 is 18.0 Å². The summed E-state index contributed by atoms with van der Waals surface area (Å²) < 4.78 is 22.4. The van der Waals surface area contributed by atoms with Crippen LogP contribution in [-0.2, 0) is 32.2 Å². The molecule has 4 aliphatic heterocycles. The zero-order valence-electron chi connectivity index (χ0n) is 31.8. The van der Waals surface area contributed by atoms with Gasteiger partial charge in [-0.1, -0.05) is 32.9 Å². The quantitative estimate of drug-likeness (QED) is 0.298. The molecule has 2 N–H and O–H groups in total. The van der Waals surface area contributed by atoms with E-state index in [2.05, 4.69) is 42.8 Å². The Morgan fingerprint density at radius 3 is 1.75 bits per heavy atom. The third-order valence-electron chi connectivity index (χ3n) is 10.6. The van der Waals surface area contributed by atoms with Gasteiger partial charge in [0.05, 0.1) is 29.4 Å². The van der Waals surface area contributed by atoms with Crippen LogP contribution in [0, 0.1) is 19.3 Å². The number of hydrogen-bond donors (Lipinski definition) is 2. The van der Waals surface area contributed by atoms with Crippen LogP contribution in [0.2, 0.25) is 0 Å². The fourth-order valence-electron chi connectivity index (χ4n) is 7.66. The van der Waals surface area contributed by atoms with Crippen molar-refractivity contribution in [1.82, 2.24) is 20.0 Å². The summed E-state index contributed by atoms with van der Waals surface area (Å²) in [5.41, 5.74) is 7.59. The number of carbonyl (C=O) groups excluding carboxylic acids is 2. The Hall–Kier alpha value is -3.26. The van der Waals surface area contributed by atoms with Crippen LogP contribution in [0.15, 0.2) is 24.3 Å². The first-order valence-corrected chi connectivity index (χ1v) is 18.3. The topological polar surface area (TPSA) is 130 Å². The highest BCUT2D eigenvalue weighted by Gasteiger charge is 2.39. The summed E-state index contributed by atoms with van der Waals surface area (Å²) in [6.45, 7) is 23.9. The third-order valence-corrected chi connectivity index (χ3v) is 10.6. The number of piperazine rings is 2. The van der Waals surface area contributed by atoms with Gasteiger partial charge in [-0.2, -0.15) is 0 Å². The molecule has 0 radical (unpaired) electrons. The van der Waals surface area contributed by atoms with Crippen molar-refractivity contribution in [2.45, 2.75) is 79.9 Å². The Balaban J connectivity index is 0.000000236. The van der Waals surface area contributed by atoms with Crippen molar-refractivity contribution in [2.75, 3.05) is 72.1 Å². The fraction of sp³-hybridized carbons (Fsp3) is 0.615. The maximum absolute atomic E-state index is 11.8. The number of rotatable bonds is 10. The molecule has 0 spiro atoms. The predicted molar refractivity (Wildman–Crippen MR) is 200 cm³/mol. The number of nitrogens with zero attached hydrogens (tertiary/aromatic N) is 3. The molecule has 52 heavy (non-hydrogen) atoms. The second kappa shape index (κ2) is 18.2. The van der Waals surface area contributed by atoms with Gasteiger partial charge in [0.15, 0.2) is 0 Å². The number of cyclic esters (lactones) is 2. The Kier molecular flexibility index (Phi) is 14.5. The van der Waals surface area contributed by atoms with E-state index in [4.69, 9.17) is 18.9 Å². The molecule has 6 rings (SSSR count). The highest BCUT2D eigenvalue weighted by atomic mass is 35.5. The van der Waals surface area contributed by atoms with Gasteiger partial charge in [0.2, 0.25) is 0 Å². The molecule has 0 aromatic heterocycles. The van der Waals surface area contributed by atoms with Crippen molar-refractivity contribution in [3.63, 3.8) is 0 Å². The summed E-state index contributed by atoms with van der Waals surface area (Å²) in [5, 5.41) is 13.0. The van der Waals surface area contributed by atoms with Crippen molar-refractivity contribution in [1.29, 1.82) is 0 Å². The Morgan fingerprint density at radius 2 is 1.31 bits per heavy atom. The largest absolute Gasteiger partial charge is 0.465 e. The first-order chi connectivity index (χ1) is 24.3. The molecule has 0 bridgehead atoms. The fourth-order valence-corrected chi connectivity index (χ4v) is 7.66. The molecular weight excluding hydrogens is 688 g/mol. The summed E-state index contributed by atoms with van der Waals surface area (Å²) in [6.07, 6.45) is -0.952. The van der Waals surface area contributed by atoms with Gasteiger partial charge < -0.3 is 34.3 Å². The number of benzene rings is 2. The van der Waals surface area contributed by atoms with Crippen LogP contribution in [-0.4, -0.2) is 116 Å². The van der Waals surface area contributed by atoms with Crippen molar-refractivity contribution in [2.24, 2.45) is 5.41 Å². The highest BCUT2D eigenvalue weighted by molar-refractivity contribution is 5.94. The zero-order chi connectivity index (χ0) is 36.9. The van der Waals surface area contributed by atoms with Crippen LogP contribution >= 0.6 is 12.4 Å². The molecule has 12 nitrogen and oxygen atoms in total. The second-order valence-corrected chi connectivity index (χ2v) is 14.8. The minimum atomic E-state index is -0.856. The number of hydrogen-bond acceptors (Lipinski definition) is 10. The molecule has 0 aliphatic carbocycles. The Labute approximate surface area is 314 Å². The molecule has 3 atom stereocenters. The number of esters is 2. The van der Waals surface area contributed by atoms with Crippen molar-refractivity contribution < 1.29 is 38.4 Å². The van der Waals surface area contributed by atoms with Crippen LogP contribution in [0.4, 0.5) is 4.79 Å². The van der Waals surface area contributed by atoms with E-state index in [1.165, 1.54) is 5.56 Å². The molecule has 3 unspecified atom stereocenters. The van der Waals surface area contributed by atoms with Gasteiger partial charge in [0.25, 0.3) is 0 Å². The van der Waals surface area contributed by atoms with Crippen LogP contribution in [0.1, 0.15) is 101 Å². The lowest BCUT2D eigenvalue weighted by atomic mass is 9.84. The molecule has 13 heteroatoms. The normalized spacial score (nSPS) is 20.1. The van der Waals surface area contributed by atoms with E-state index in [1.54, 1.807) is 4.90 Å². The number of fused-ring (bicyclic) bond motifs is 2. The van der Waals surface area contributed by atoms with E-state index >= 15 is 0 Å². The first kappa shape index (κ1) is 41.5. The molecule has 2 aromatic rings. The average molecular weight is 745 g/mol. The van der Waals surface area contributed by atoms with E-state index in [-0.39, 0.29) is 48.0 Å². The maximum Gasteiger partial charge on any atom is 0.407 e. The van der Waals surface area contributed by atoms with E-state index in [9.17, 15) is 19.5 Å². The summed E-state index contributed by atoms with van der Waals surface area (Å²) in [6, 6.07) is 7.64. The van der Waals surface area contributed by atoms with Gasteiger partial charge in [0, 0.05) is 83.2 Å². The summed E-state index contributed by atoms with van der Waals surface area (Å²) >= 11 is 0. The minimum absolute atomic E-state index is 0. The molecule has 288 valence electrons. The Morgan fingerprint density at radius 1 is 0.827 bits per heavy atom. The lowest BCUT2D eigenvalue weighted by Crippen LogP contribution is -2.59. The van der Waals surface area contributed by atoms with Gasteiger partial charge in [-0.15, -0.1) is 12.4 Å².